The van der Waals surface area contributed by atoms with Crippen LogP contribution in [0.25, 0.3) is 11.3 Å². The van der Waals surface area contributed by atoms with Crippen LogP contribution in [0.1, 0.15) is 5.89 Å². The van der Waals surface area contributed by atoms with Gasteiger partial charge in [-0.1, -0.05) is 11.6 Å². The van der Waals surface area contributed by atoms with Crippen molar-refractivity contribution in [3.05, 3.63) is 41.4 Å². The van der Waals surface area contributed by atoms with E-state index in [1.54, 1.807) is 35.4 Å². The number of alkyl halides is 3. The number of ether oxygens (including phenoxy) is 1. The standard InChI is InChI=1S/C16H18ClF3N2O3/c17-13-3-1-12(2-4-13)14-9-21-15(25-14)10-22(5-7-23)6-8-24-11-16(18,19)20/h1-4,9,23H,5-8,10-11H2. The van der Waals surface area contributed by atoms with Gasteiger partial charge in [0.25, 0.3) is 0 Å². The summed E-state index contributed by atoms with van der Waals surface area (Å²) in [5, 5.41) is 9.69. The summed E-state index contributed by atoms with van der Waals surface area (Å²) in [4.78, 5) is 5.86. The third-order valence-electron chi connectivity index (χ3n) is 3.27. The normalized spacial score (nSPS) is 12.1. The number of aromatic nitrogens is 1. The van der Waals surface area contributed by atoms with Crippen LogP contribution < -0.4 is 0 Å². The van der Waals surface area contributed by atoms with E-state index < -0.39 is 12.8 Å². The Morgan fingerprint density at radius 2 is 1.92 bits per heavy atom. The van der Waals surface area contributed by atoms with Crippen molar-refractivity contribution < 1.29 is 27.4 Å². The smallest absolute Gasteiger partial charge is 0.411 e. The largest absolute Gasteiger partial charge is 0.439 e. The lowest BCUT2D eigenvalue weighted by atomic mass is 10.2. The van der Waals surface area contributed by atoms with Crippen LogP contribution >= 0.6 is 11.6 Å². The molecule has 0 aliphatic carbocycles. The van der Waals surface area contributed by atoms with Crippen LogP contribution in [-0.4, -0.2) is 54.1 Å². The van der Waals surface area contributed by atoms with Gasteiger partial charge in [0, 0.05) is 23.7 Å². The van der Waals surface area contributed by atoms with Crippen LogP contribution in [0.5, 0.6) is 0 Å². The van der Waals surface area contributed by atoms with Crippen molar-refractivity contribution in [1.29, 1.82) is 0 Å². The van der Waals surface area contributed by atoms with E-state index >= 15 is 0 Å². The molecule has 1 aromatic heterocycles. The molecule has 5 nitrogen and oxygen atoms in total. The van der Waals surface area contributed by atoms with E-state index in [-0.39, 0.29) is 32.8 Å². The minimum absolute atomic E-state index is 0.107. The Hall–Kier alpha value is -1.61. The van der Waals surface area contributed by atoms with Crippen LogP contribution in [0.15, 0.2) is 34.9 Å². The molecule has 1 aromatic carbocycles. The average molecular weight is 379 g/mol. The number of aliphatic hydroxyl groups excluding tert-OH is 1. The first-order chi connectivity index (χ1) is 11.9. The van der Waals surface area contributed by atoms with Gasteiger partial charge in [0.05, 0.1) is 26.0 Å². The fraction of sp³-hybridized carbons (Fsp3) is 0.438. The topological polar surface area (TPSA) is 58.7 Å². The van der Waals surface area contributed by atoms with E-state index in [4.69, 9.17) is 21.1 Å². The Labute approximate surface area is 148 Å². The zero-order valence-corrected chi connectivity index (χ0v) is 14.1. The summed E-state index contributed by atoms with van der Waals surface area (Å²) in [5.41, 5.74) is 0.811. The van der Waals surface area contributed by atoms with Gasteiger partial charge >= 0.3 is 6.18 Å². The van der Waals surface area contributed by atoms with Crippen LogP contribution in [0.3, 0.4) is 0 Å². The molecule has 0 atom stereocenters. The maximum atomic E-state index is 12.1. The highest BCUT2D eigenvalue weighted by atomic mass is 35.5. The second-order valence-corrected chi connectivity index (χ2v) is 5.73. The van der Waals surface area contributed by atoms with Gasteiger partial charge in [-0.3, -0.25) is 4.90 Å². The zero-order chi connectivity index (χ0) is 18.3. The Bertz CT molecular complexity index is 647. The summed E-state index contributed by atoms with van der Waals surface area (Å²) in [6.07, 6.45) is -2.78. The van der Waals surface area contributed by atoms with Gasteiger partial charge in [0.2, 0.25) is 5.89 Å². The van der Waals surface area contributed by atoms with E-state index in [0.29, 0.717) is 16.7 Å². The number of hydrogen-bond donors (Lipinski definition) is 1. The molecule has 0 amide bonds. The lowest BCUT2D eigenvalue weighted by molar-refractivity contribution is -0.174. The molecule has 9 heteroatoms. The van der Waals surface area contributed by atoms with Gasteiger partial charge in [-0.05, 0) is 24.3 Å². The summed E-state index contributed by atoms with van der Waals surface area (Å²) in [5.74, 6) is 0.957. The highest BCUT2D eigenvalue weighted by Gasteiger charge is 2.27. The van der Waals surface area contributed by atoms with Crippen LogP contribution in [-0.2, 0) is 11.3 Å². The molecule has 0 aliphatic rings. The van der Waals surface area contributed by atoms with Crippen molar-refractivity contribution in [3.63, 3.8) is 0 Å². The Kier molecular flexibility index (Phi) is 7.24. The number of aliphatic hydroxyl groups is 1. The molecule has 0 saturated heterocycles. The minimum Gasteiger partial charge on any atom is -0.439 e. The third-order valence-corrected chi connectivity index (χ3v) is 3.53. The van der Waals surface area contributed by atoms with E-state index in [1.165, 1.54) is 0 Å². The SMILES string of the molecule is OCCN(CCOCC(F)(F)F)Cc1ncc(-c2ccc(Cl)cc2)o1. The molecule has 138 valence electrons. The van der Waals surface area contributed by atoms with E-state index in [2.05, 4.69) is 9.72 Å². The first-order valence-electron chi connectivity index (χ1n) is 7.56. The Balaban J connectivity index is 1.89. The maximum Gasteiger partial charge on any atom is 0.411 e. The van der Waals surface area contributed by atoms with Crippen molar-refractivity contribution in [3.8, 4) is 11.3 Å². The summed E-state index contributed by atoms with van der Waals surface area (Å²) < 4.78 is 46.4. The van der Waals surface area contributed by atoms with Crippen LogP contribution in [0.4, 0.5) is 13.2 Å². The molecule has 0 unspecified atom stereocenters. The molecule has 0 aliphatic heterocycles. The fourth-order valence-electron chi connectivity index (χ4n) is 2.12. The van der Waals surface area contributed by atoms with Crippen molar-refractivity contribution in [1.82, 2.24) is 9.88 Å². The van der Waals surface area contributed by atoms with Gasteiger partial charge in [0.15, 0.2) is 5.76 Å². The molecular formula is C16H18ClF3N2O3. The molecule has 2 aromatic rings. The zero-order valence-electron chi connectivity index (χ0n) is 13.3. The fourth-order valence-corrected chi connectivity index (χ4v) is 2.24. The maximum absolute atomic E-state index is 12.1. The molecule has 0 bridgehead atoms. The number of nitrogens with zero attached hydrogens (tertiary/aromatic N) is 2. The quantitative estimate of drug-likeness (QED) is 0.678. The Morgan fingerprint density at radius 3 is 2.56 bits per heavy atom. The molecule has 1 heterocycles. The first-order valence-corrected chi connectivity index (χ1v) is 7.93. The van der Waals surface area contributed by atoms with Gasteiger partial charge in [-0.2, -0.15) is 13.2 Å². The van der Waals surface area contributed by atoms with E-state index in [1.807, 2.05) is 0 Å². The van der Waals surface area contributed by atoms with Crippen LogP contribution in [0.2, 0.25) is 5.02 Å². The molecule has 0 fully saturated rings. The predicted molar refractivity (Wildman–Crippen MR) is 86.2 cm³/mol. The monoisotopic (exact) mass is 378 g/mol. The van der Waals surface area contributed by atoms with Crippen molar-refractivity contribution in [2.24, 2.45) is 0 Å². The minimum atomic E-state index is -4.35. The summed E-state index contributed by atoms with van der Waals surface area (Å²) >= 11 is 5.84. The van der Waals surface area contributed by atoms with E-state index in [9.17, 15) is 13.2 Å². The number of benzene rings is 1. The highest BCUT2D eigenvalue weighted by molar-refractivity contribution is 6.30. The van der Waals surface area contributed by atoms with Crippen molar-refractivity contribution in [2.45, 2.75) is 12.7 Å². The second-order valence-electron chi connectivity index (χ2n) is 5.29. The molecule has 0 radical (unpaired) electrons. The number of hydrogen-bond acceptors (Lipinski definition) is 5. The molecule has 0 saturated carbocycles. The van der Waals surface area contributed by atoms with Crippen molar-refractivity contribution >= 4 is 11.6 Å². The second kappa shape index (κ2) is 9.19. The average Bonchev–Trinajstić information content (AvgIpc) is 3.00. The predicted octanol–water partition coefficient (Wildman–Crippen LogP) is 3.37. The third kappa shape index (κ3) is 7.03. The summed E-state index contributed by atoms with van der Waals surface area (Å²) in [7, 11) is 0. The van der Waals surface area contributed by atoms with Crippen molar-refractivity contribution in [2.75, 3.05) is 32.9 Å². The Morgan fingerprint density at radius 1 is 1.20 bits per heavy atom. The molecule has 1 N–H and O–H groups in total. The van der Waals surface area contributed by atoms with Crippen LogP contribution in [0, 0.1) is 0 Å². The lowest BCUT2D eigenvalue weighted by Gasteiger charge is -2.19. The lowest BCUT2D eigenvalue weighted by Crippen LogP contribution is -2.31. The molecule has 2 rings (SSSR count). The van der Waals surface area contributed by atoms with E-state index in [0.717, 1.165) is 5.56 Å². The van der Waals surface area contributed by atoms with Gasteiger partial charge in [0.1, 0.15) is 6.61 Å². The highest BCUT2D eigenvalue weighted by Crippen LogP contribution is 2.22. The van der Waals surface area contributed by atoms with Gasteiger partial charge in [-0.25, -0.2) is 4.98 Å². The number of rotatable bonds is 9. The molecular weight excluding hydrogens is 361 g/mol. The first kappa shape index (κ1) is 19.7. The van der Waals surface area contributed by atoms with Gasteiger partial charge in [-0.15, -0.1) is 0 Å². The summed E-state index contributed by atoms with van der Waals surface area (Å²) in [6.45, 7) is -0.791. The molecule has 0 spiro atoms. The van der Waals surface area contributed by atoms with Gasteiger partial charge < -0.3 is 14.3 Å². The summed E-state index contributed by atoms with van der Waals surface area (Å²) in [6, 6.07) is 7.05. The number of oxazole rings is 1. The number of halogens is 4. The molecule has 25 heavy (non-hydrogen) atoms.